The largest absolute Gasteiger partial charge is 0.368 e. The Labute approximate surface area is 241 Å². The number of carbonyl (C=O) groups excluding carboxylic acids is 2. The Morgan fingerprint density at radius 2 is 1.56 bits per heavy atom. The van der Waals surface area contributed by atoms with E-state index < -0.39 is 11.7 Å². The monoisotopic (exact) mass is 547 g/mol. The zero-order valence-corrected chi connectivity index (χ0v) is 24.1. The van der Waals surface area contributed by atoms with Crippen molar-refractivity contribution in [3.63, 3.8) is 0 Å². The number of nitrogens with zero attached hydrogens (tertiary/aromatic N) is 4. The SMILES string of the molecule is Cc1cc(C)nc(N2CCN(c3ccc(NC(=O)C(=O)c4c(-c5ccccc5)cc5n4CCCC5)cc3C)CC2)c1. The quantitative estimate of drug-likeness (QED) is 0.238. The summed E-state index contributed by atoms with van der Waals surface area (Å²) in [5, 5.41) is 2.89. The number of hydrogen-bond donors (Lipinski definition) is 1. The Kier molecular flexibility index (Phi) is 7.35. The number of benzene rings is 2. The van der Waals surface area contributed by atoms with Crippen LogP contribution in [-0.2, 0) is 17.8 Å². The minimum Gasteiger partial charge on any atom is -0.368 e. The maximum absolute atomic E-state index is 13.6. The summed E-state index contributed by atoms with van der Waals surface area (Å²) in [6.07, 6.45) is 3.03. The van der Waals surface area contributed by atoms with E-state index in [1.807, 2.05) is 49.4 Å². The Balaban J connectivity index is 1.16. The topological polar surface area (TPSA) is 70.5 Å². The number of carbonyl (C=O) groups is 2. The highest BCUT2D eigenvalue weighted by Crippen LogP contribution is 2.32. The number of rotatable bonds is 6. The van der Waals surface area contributed by atoms with E-state index in [4.69, 9.17) is 4.98 Å². The highest BCUT2D eigenvalue weighted by Gasteiger charge is 2.28. The van der Waals surface area contributed by atoms with Crippen molar-refractivity contribution >= 4 is 28.9 Å². The molecule has 2 aliphatic heterocycles. The van der Waals surface area contributed by atoms with Gasteiger partial charge in [-0.25, -0.2) is 4.98 Å². The van der Waals surface area contributed by atoms with Gasteiger partial charge in [-0.3, -0.25) is 9.59 Å². The van der Waals surface area contributed by atoms with Crippen molar-refractivity contribution in [2.75, 3.05) is 41.3 Å². The number of ketones is 1. The van der Waals surface area contributed by atoms with Crippen molar-refractivity contribution < 1.29 is 9.59 Å². The van der Waals surface area contributed by atoms with Gasteiger partial charge in [0.2, 0.25) is 0 Å². The van der Waals surface area contributed by atoms with Crippen molar-refractivity contribution in [2.24, 2.45) is 0 Å². The lowest BCUT2D eigenvalue weighted by Crippen LogP contribution is -2.47. The first-order valence-corrected chi connectivity index (χ1v) is 14.6. The predicted octanol–water partition coefficient (Wildman–Crippen LogP) is 5.96. The third-order valence-corrected chi connectivity index (χ3v) is 8.24. The van der Waals surface area contributed by atoms with Crippen molar-refractivity contribution in [3.8, 4) is 11.1 Å². The van der Waals surface area contributed by atoms with Gasteiger partial charge in [0.15, 0.2) is 0 Å². The molecule has 0 saturated carbocycles. The van der Waals surface area contributed by atoms with Crippen molar-refractivity contribution in [1.29, 1.82) is 0 Å². The van der Waals surface area contributed by atoms with Gasteiger partial charge in [0.1, 0.15) is 11.5 Å². The number of hydrogen-bond acceptors (Lipinski definition) is 5. The van der Waals surface area contributed by atoms with Crippen LogP contribution in [0.4, 0.5) is 17.2 Å². The number of aromatic nitrogens is 2. The summed E-state index contributed by atoms with van der Waals surface area (Å²) >= 11 is 0. The molecule has 210 valence electrons. The van der Waals surface area contributed by atoms with E-state index in [1.165, 1.54) is 5.56 Å². The third kappa shape index (κ3) is 5.49. The van der Waals surface area contributed by atoms with E-state index in [9.17, 15) is 9.59 Å². The fourth-order valence-corrected chi connectivity index (χ4v) is 6.27. The summed E-state index contributed by atoms with van der Waals surface area (Å²) in [6, 6.07) is 22.1. The van der Waals surface area contributed by atoms with Gasteiger partial charge in [0, 0.05) is 61.0 Å². The van der Waals surface area contributed by atoms with Gasteiger partial charge in [-0.1, -0.05) is 30.3 Å². The first-order valence-electron chi connectivity index (χ1n) is 14.6. The van der Waals surface area contributed by atoms with Crippen LogP contribution in [0.15, 0.2) is 66.7 Å². The van der Waals surface area contributed by atoms with Crippen LogP contribution in [0.5, 0.6) is 0 Å². The molecule has 1 fully saturated rings. The zero-order chi connectivity index (χ0) is 28.5. The standard InChI is InChI=1S/C34H37N5O2/c1-23-19-25(3)35-31(20-23)38-17-15-37(16-18-38)30-13-12-27(21-24(30)2)36-34(41)33(40)32-29(26-9-5-4-6-10-26)22-28-11-7-8-14-39(28)32/h4-6,9-10,12-13,19-22H,7-8,11,14-18H2,1-3H3,(H,36,41). The Bertz CT molecular complexity index is 1580. The molecule has 0 bridgehead atoms. The normalized spacial score (nSPS) is 15.0. The smallest absolute Gasteiger partial charge is 0.298 e. The second kappa shape index (κ2) is 11.2. The van der Waals surface area contributed by atoms with Crippen LogP contribution in [0.3, 0.4) is 0 Å². The van der Waals surface area contributed by atoms with Crippen LogP contribution >= 0.6 is 0 Å². The molecule has 0 atom stereocenters. The van der Waals surface area contributed by atoms with Gasteiger partial charge in [-0.2, -0.15) is 0 Å². The Morgan fingerprint density at radius 3 is 2.29 bits per heavy atom. The molecule has 6 rings (SSSR count). The van der Waals surface area contributed by atoms with Crippen molar-refractivity contribution in [2.45, 2.75) is 46.6 Å². The Morgan fingerprint density at radius 1 is 0.805 bits per heavy atom. The van der Waals surface area contributed by atoms with Crippen LogP contribution in [0.25, 0.3) is 11.1 Å². The molecule has 41 heavy (non-hydrogen) atoms. The second-order valence-corrected chi connectivity index (χ2v) is 11.3. The zero-order valence-electron chi connectivity index (χ0n) is 24.1. The lowest BCUT2D eigenvalue weighted by atomic mass is 10.0. The van der Waals surface area contributed by atoms with Gasteiger partial charge in [-0.05, 0) is 93.1 Å². The highest BCUT2D eigenvalue weighted by molar-refractivity contribution is 6.47. The number of piperazine rings is 1. The summed E-state index contributed by atoms with van der Waals surface area (Å²) in [4.78, 5) is 36.4. The number of anilines is 3. The van der Waals surface area contributed by atoms with Crippen LogP contribution < -0.4 is 15.1 Å². The van der Waals surface area contributed by atoms with Gasteiger partial charge in [0.05, 0.1) is 0 Å². The van der Waals surface area contributed by atoms with Crippen LogP contribution in [0.1, 0.15) is 45.8 Å². The molecular weight excluding hydrogens is 510 g/mol. The molecule has 2 aromatic heterocycles. The number of pyridine rings is 1. The van der Waals surface area contributed by atoms with E-state index in [-0.39, 0.29) is 0 Å². The van der Waals surface area contributed by atoms with E-state index >= 15 is 0 Å². The maximum Gasteiger partial charge on any atom is 0.298 e. The van der Waals surface area contributed by atoms with Gasteiger partial charge in [-0.15, -0.1) is 0 Å². The third-order valence-electron chi connectivity index (χ3n) is 8.24. The number of fused-ring (bicyclic) bond motifs is 1. The summed E-state index contributed by atoms with van der Waals surface area (Å²) in [5.41, 5.74) is 8.54. The number of Topliss-reactive ketones (excluding diaryl/α,β-unsaturated/α-hetero) is 1. The molecule has 0 spiro atoms. The average molecular weight is 548 g/mol. The fourth-order valence-electron chi connectivity index (χ4n) is 6.27. The predicted molar refractivity (Wildman–Crippen MR) is 165 cm³/mol. The van der Waals surface area contributed by atoms with Crippen LogP contribution in [0.2, 0.25) is 0 Å². The summed E-state index contributed by atoms with van der Waals surface area (Å²) in [6.45, 7) is 10.5. The molecule has 0 radical (unpaired) electrons. The van der Waals surface area contributed by atoms with Gasteiger partial charge >= 0.3 is 0 Å². The molecule has 0 aliphatic carbocycles. The first kappa shape index (κ1) is 26.8. The minimum absolute atomic E-state index is 0.491. The Hall–Kier alpha value is -4.39. The van der Waals surface area contributed by atoms with Gasteiger partial charge < -0.3 is 19.7 Å². The highest BCUT2D eigenvalue weighted by atomic mass is 16.2. The van der Waals surface area contributed by atoms with Gasteiger partial charge in [0.25, 0.3) is 11.7 Å². The minimum atomic E-state index is -0.602. The molecule has 1 saturated heterocycles. The molecule has 0 unspecified atom stereocenters. The molecule has 4 aromatic rings. The van der Waals surface area contributed by atoms with Crippen molar-refractivity contribution in [1.82, 2.24) is 9.55 Å². The van der Waals surface area contributed by atoms with E-state index in [0.717, 1.165) is 91.6 Å². The molecule has 1 amide bonds. The molecular formula is C34H37N5O2. The van der Waals surface area contributed by atoms with E-state index in [2.05, 4.69) is 57.8 Å². The van der Waals surface area contributed by atoms with Crippen LogP contribution in [-0.4, -0.2) is 47.4 Å². The first-order chi connectivity index (χ1) is 19.9. The molecule has 2 aliphatic rings. The summed E-state index contributed by atoms with van der Waals surface area (Å²) < 4.78 is 2.05. The second-order valence-electron chi connectivity index (χ2n) is 11.3. The van der Waals surface area contributed by atoms with E-state index in [0.29, 0.717) is 11.4 Å². The lowest BCUT2D eigenvalue weighted by Gasteiger charge is -2.37. The summed E-state index contributed by atoms with van der Waals surface area (Å²) in [7, 11) is 0. The van der Waals surface area contributed by atoms with E-state index in [1.54, 1.807) is 0 Å². The molecule has 4 heterocycles. The maximum atomic E-state index is 13.6. The molecule has 7 heteroatoms. The van der Waals surface area contributed by atoms with Crippen molar-refractivity contribution in [3.05, 3.63) is 94.9 Å². The molecule has 7 nitrogen and oxygen atoms in total. The lowest BCUT2D eigenvalue weighted by molar-refractivity contribution is -0.112. The fraction of sp³-hybridized carbons (Fsp3) is 0.324. The number of nitrogens with one attached hydrogen (secondary N) is 1. The number of amides is 1. The number of aryl methyl sites for hydroxylation is 4. The molecule has 2 aromatic carbocycles. The molecule has 1 N–H and O–H groups in total. The van der Waals surface area contributed by atoms with Crippen LogP contribution in [0, 0.1) is 20.8 Å². The summed E-state index contributed by atoms with van der Waals surface area (Å²) in [5.74, 6) is -0.0495. The average Bonchev–Trinajstić information content (AvgIpc) is 3.37.